The van der Waals surface area contributed by atoms with E-state index in [1.54, 1.807) is 6.92 Å². The van der Waals surface area contributed by atoms with Crippen LogP contribution in [0.3, 0.4) is 0 Å². The molecule has 2 rings (SSSR count). The van der Waals surface area contributed by atoms with Gasteiger partial charge in [-0.2, -0.15) is 0 Å². The van der Waals surface area contributed by atoms with Gasteiger partial charge in [0.25, 0.3) is 0 Å². The van der Waals surface area contributed by atoms with Crippen molar-refractivity contribution in [2.45, 2.75) is 57.2 Å². The van der Waals surface area contributed by atoms with Crippen molar-refractivity contribution in [3.63, 3.8) is 0 Å². The number of aliphatic carboxylic acids is 1. The number of morpholine rings is 1. The maximum absolute atomic E-state index is 12.2. The second-order valence-electron chi connectivity index (χ2n) is 5.40. The van der Waals surface area contributed by atoms with Crippen LogP contribution in [0.15, 0.2) is 0 Å². The zero-order valence-corrected chi connectivity index (χ0v) is 11.3. The van der Waals surface area contributed by atoms with Crippen LogP contribution in [-0.2, 0) is 9.53 Å². The molecule has 6 nitrogen and oxygen atoms in total. The molecule has 3 atom stereocenters. The highest BCUT2D eigenvalue weighted by Gasteiger charge is 2.36. The maximum atomic E-state index is 12.2. The smallest absolute Gasteiger partial charge is 0.318 e. The fourth-order valence-electron chi connectivity index (χ4n) is 2.96. The summed E-state index contributed by atoms with van der Waals surface area (Å²) in [6.45, 7) is 2.87. The van der Waals surface area contributed by atoms with Crippen LogP contribution in [0.4, 0.5) is 4.79 Å². The van der Waals surface area contributed by atoms with Gasteiger partial charge in [-0.05, 0) is 19.8 Å². The minimum Gasteiger partial charge on any atom is -0.481 e. The average molecular weight is 270 g/mol. The fourth-order valence-corrected chi connectivity index (χ4v) is 2.96. The van der Waals surface area contributed by atoms with Gasteiger partial charge in [0, 0.05) is 12.6 Å². The summed E-state index contributed by atoms with van der Waals surface area (Å²) in [5.74, 6) is -0.898. The summed E-state index contributed by atoms with van der Waals surface area (Å²) in [5, 5.41) is 11.5. The Hall–Kier alpha value is -1.30. The Morgan fingerprint density at radius 1 is 1.42 bits per heavy atom. The Labute approximate surface area is 113 Å². The minimum absolute atomic E-state index is 0.0514. The number of carbonyl (C=O) groups excluding carboxylic acids is 1. The van der Waals surface area contributed by atoms with E-state index in [9.17, 15) is 9.59 Å². The monoisotopic (exact) mass is 270 g/mol. The van der Waals surface area contributed by atoms with E-state index in [1.807, 2.05) is 4.90 Å². The van der Waals surface area contributed by atoms with Gasteiger partial charge in [0.05, 0.1) is 25.2 Å². The van der Waals surface area contributed by atoms with E-state index >= 15 is 0 Å². The molecule has 1 aliphatic heterocycles. The Morgan fingerprint density at radius 2 is 2.16 bits per heavy atom. The Balaban J connectivity index is 1.91. The van der Waals surface area contributed by atoms with E-state index in [0.717, 1.165) is 25.7 Å². The van der Waals surface area contributed by atoms with Gasteiger partial charge in [0.15, 0.2) is 0 Å². The van der Waals surface area contributed by atoms with Crippen LogP contribution in [0.2, 0.25) is 0 Å². The molecule has 1 aliphatic carbocycles. The molecule has 0 radical (unpaired) electrons. The zero-order valence-electron chi connectivity index (χ0n) is 11.3. The number of nitrogens with zero attached hydrogens (tertiary/aromatic N) is 1. The number of carboxylic acid groups (broad SMARTS) is 1. The van der Waals surface area contributed by atoms with Crippen LogP contribution in [0, 0.1) is 0 Å². The number of hydrogen-bond acceptors (Lipinski definition) is 3. The van der Waals surface area contributed by atoms with Crippen LogP contribution >= 0.6 is 0 Å². The summed E-state index contributed by atoms with van der Waals surface area (Å²) in [6.07, 6.45) is 4.38. The highest BCUT2D eigenvalue weighted by atomic mass is 16.5. The predicted molar refractivity (Wildman–Crippen MR) is 68.9 cm³/mol. The molecule has 6 heteroatoms. The SMILES string of the molecule is CC(CC(=O)O)NC(=O)N1CCOC2CCCCC21. The molecule has 0 bridgehead atoms. The Morgan fingerprint density at radius 3 is 2.89 bits per heavy atom. The number of ether oxygens (including phenoxy) is 1. The normalized spacial score (nSPS) is 28.4. The second kappa shape index (κ2) is 6.23. The molecule has 0 spiro atoms. The molecule has 3 unspecified atom stereocenters. The summed E-state index contributed by atoms with van der Waals surface area (Å²) in [6, 6.07) is -0.358. The van der Waals surface area contributed by atoms with Gasteiger partial charge in [-0.1, -0.05) is 12.8 Å². The van der Waals surface area contributed by atoms with Crippen molar-refractivity contribution >= 4 is 12.0 Å². The molecule has 2 aliphatic rings. The lowest BCUT2D eigenvalue weighted by atomic mass is 9.90. The predicted octanol–water partition coefficient (Wildman–Crippen LogP) is 1.20. The number of hydrogen-bond donors (Lipinski definition) is 2. The molecular formula is C13H22N2O4. The summed E-state index contributed by atoms with van der Waals surface area (Å²) in [7, 11) is 0. The molecular weight excluding hydrogens is 248 g/mol. The lowest BCUT2D eigenvalue weighted by Gasteiger charge is -2.43. The molecule has 2 N–H and O–H groups in total. The van der Waals surface area contributed by atoms with Crippen molar-refractivity contribution in [3.05, 3.63) is 0 Å². The Bertz CT molecular complexity index is 346. The number of nitrogens with one attached hydrogen (secondary N) is 1. The number of carbonyl (C=O) groups is 2. The number of urea groups is 1. The topological polar surface area (TPSA) is 78.9 Å². The first-order valence-electron chi connectivity index (χ1n) is 6.98. The van der Waals surface area contributed by atoms with E-state index in [0.29, 0.717) is 13.2 Å². The second-order valence-corrected chi connectivity index (χ2v) is 5.40. The van der Waals surface area contributed by atoms with E-state index < -0.39 is 5.97 Å². The maximum Gasteiger partial charge on any atom is 0.318 e. The fraction of sp³-hybridized carbons (Fsp3) is 0.846. The molecule has 0 aromatic rings. The van der Waals surface area contributed by atoms with E-state index in [-0.39, 0.29) is 30.6 Å². The molecule has 1 heterocycles. The van der Waals surface area contributed by atoms with Crippen molar-refractivity contribution in [2.24, 2.45) is 0 Å². The first-order chi connectivity index (χ1) is 9.08. The standard InChI is InChI=1S/C13H22N2O4/c1-9(8-12(16)17)14-13(18)15-6-7-19-11-5-3-2-4-10(11)15/h9-11H,2-8H2,1H3,(H,14,18)(H,16,17). The Kier molecular flexibility index (Phi) is 4.63. The van der Waals surface area contributed by atoms with Crippen molar-refractivity contribution in [1.29, 1.82) is 0 Å². The zero-order chi connectivity index (χ0) is 13.8. The van der Waals surface area contributed by atoms with Crippen molar-refractivity contribution in [2.75, 3.05) is 13.2 Å². The molecule has 19 heavy (non-hydrogen) atoms. The van der Waals surface area contributed by atoms with E-state index in [2.05, 4.69) is 5.32 Å². The summed E-state index contributed by atoms with van der Waals surface area (Å²) in [4.78, 5) is 24.6. The van der Waals surface area contributed by atoms with Gasteiger partial charge in [-0.15, -0.1) is 0 Å². The molecule has 0 aromatic carbocycles. The third kappa shape index (κ3) is 3.59. The molecule has 2 amide bonds. The van der Waals surface area contributed by atoms with Gasteiger partial charge in [0.2, 0.25) is 0 Å². The quantitative estimate of drug-likeness (QED) is 0.807. The number of rotatable bonds is 3. The number of carboxylic acids is 1. The minimum atomic E-state index is -0.898. The lowest BCUT2D eigenvalue weighted by molar-refractivity contribution is -0.137. The van der Waals surface area contributed by atoms with Gasteiger partial charge in [-0.25, -0.2) is 4.79 Å². The highest BCUT2D eigenvalue weighted by Crippen LogP contribution is 2.28. The molecule has 1 saturated heterocycles. The van der Waals surface area contributed by atoms with Gasteiger partial charge in [0.1, 0.15) is 0 Å². The van der Waals surface area contributed by atoms with Crippen LogP contribution in [0.25, 0.3) is 0 Å². The first-order valence-corrected chi connectivity index (χ1v) is 6.98. The number of amides is 2. The van der Waals surface area contributed by atoms with Gasteiger partial charge < -0.3 is 20.1 Å². The largest absolute Gasteiger partial charge is 0.481 e. The summed E-state index contributed by atoms with van der Waals surface area (Å²) < 4.78 is 5.72. The third-order valence-electron chi connectivity index (χ3n) is 3.84. The third-order valence-corrected chi connectivity index (χ3v) is 3.84. The number of fused-ring (bicyclic) bond motifs is 1. The highest BCUT2D eigenvalue weighted by molar-refractivity contribution is 5.76. The van der Waals surface area contributed by atoms with Gasteiger partial charge in [-0.3, -0.25) is 4.79 Å². The van der Waals surface area contributed by atoms with Crippen LogP contribution in [0.1, 0.15) is 39.0 Å². The lowest BCUT2D eigenvalue weighted by Crippen LogP contribution is -2.58. The summed E-state index contributed by atoms with van der Waals surface area (Å²) in [5.41, 5.74) is 0. The molecule has 2 fully saturated rings. The van der Waals surface area contributed by atoms with E-state index in [1.165, 1.54) is 0 Å². The van der Waals surface area contributed by atoms with Crippen LogP contribution in [0.5, 0.6) is 0 Å². The average Bonchev–Trinajstić information content (AvgIpc) is 2.36. The van der Waals surface area contributed by atoms with E-state index in [4.69, 9.17) is 9.84 Å². The molecule has 108 valence electrons. The van der Waals surface area contributed by atoms with Crippen LogP contribution < -0.4 is 5.32 Å². The molecule has 1 saturated carbocycles. The van der Waals surface area contributed by atoms with Gasteiger partial charge >= 0.3 is 12.0 Å². The van der Waals surface area contributed by atoms with Crippen molar-refractivity contribution in [3.8, 4) is 0 Å². The van der Waals surface area contributed by atoms with Crippen molar-refractivity contribution < 1.29 is 19.4 Å². The van der Waals surface area contributed by atoms with Crippen LogP contribution in [-0.4, -0.2) is 53.3 Å². The first kappa shape index (κ1) is 14.1. The summed E-state index contributed by atoms with van der Waals surface area (Å²) >= 11 is 0. The molecule has 0 aromatic heterocycles. The van der Waals surface area contributed by atoms with Crippen molar-refractivity contribution in [1.82, 2.24) is 10.2 Å².